The molecule has 0 saturated carbocycles. The Morgan fingerprint density at radius 3 is 2.71 bits per heavy atom. The lowest BCUT2D eigenvalue weighted by atomic mass is 10.2. The van der Waals surface area contributed by atoms with Gasteiger partial charge in [0, 0.05) is 6.20 Å². The highest BCUT2D eigenvalue weighted by molar-refractivity contribution is 6.05. The number of nitrogens with one attached hydrogen (secondary N) is 1. The zero-order chi connectivity index (χ0) is 17.5. The lowest BCUT2D eigenvalue weighted by molar-refractivity contribution is -0.139. The van der Waals surface area contributed by atoms with Crippen molar-refractivity contribution in [1.82, 2.24) is 9.97 Å². The average Bonchev–Trinajstić information content (AvgIpc) is 2.55. The molecule has 0 spiro atoms. The quantitative estimate of drug-likeness (QED) is 0.817. The topological polar surface area (TPSA) is 90.4 Å². The Labute approximate surface area is 140 Å². The van der Waals surface area contributed by atoms with Crippen molar-refractivity contribution in [2.45, 2.75) is 26.4 Å². The molecular formula is C17H19N3O4. The molecule has 0 fully saturated rings. The number of rotatable bonds is 6. The van der Waals surface area contributed by atoms with Gasteiger partial charge >= 0.3 is 5.97 Å². The van der Waals surface area contributed by atoms with Gasteiger partial charge in [-0.05, 0) is 38.1 Å². The van der Waals surface area contributed by atoms with Gasteiger partial charge in [-0.25, -0.2) is 9.97 Å². The maximum atomic E-state index is 12.4. The minimum absolute atomic E-state index is 0.0365. The normalized spacial score (nSPS) is 10.3. The second kappa shape index (κ2) is 8.05. The molecule has 0 saturated heterocycles. The van der Waals surface area contributed by atoms with Crippen LogP contribution < -0.4 is 10.1 Å². The van der Waals surface area contributed by atoms with Gasteiger partial charge in [-0.1, -0.05) is 6.07 Å². The van der Waals surface area contributed by atoms with Gasteiger partial charge in [-0.15, -0.1) is 0 Å². The molecule has 2 aromatic heterocycles. The minimum atomic E-state index is -0.397. The molecule has 0 radical (unpaired) electrons. The molecule has 0 aliphatic rings. The van der Waals surface area contributed by atoms with Crippen LogP contribution in [0.3, 0.4) is 0 Å². The van der Waals surface area contributed by atoms with E-state index in [1.807, 2.05) is 13.8 Å². The smallest absolute Gasteiger partial charge is 0.311 e. The summed E-state index contributed by atoms with van der Waals surface area (Å²) < 4.78 is 10.1. The van der Waals surface area contributed by atoms with Crippen LogP contribution in [0.15, 0.2) is 36.5 Å². The predicted octanol–water partition coefficient (Wildman–Crippen LogP) is 2.23. The lowest BCUT2D eigenvalue weighted by Gasteiger charge is -2.12. The van der Waals surface area contributed by atoms with E-state index < -0.39 is 5.97 Å². The third-order valence-corrected chi connectivity index (χ3v) is 2.96. The summed E-state index contributed by atoms with van der Waals surface area (Å²) in [6, 6.07) is 8.30. The van der Waals surface area contributed by atoms with E-state index in [4.69, 9.17) is 4.74 Å². The molecule has 0 aromatic carbocycles. The van der Waals surface area contributed by atoms with E-state index in [1.165, 1.54) is 7.11 Å². The first-order valence-electron chi connectivity index (χ1n) is 7.45. The average molecular weight is 329 g/mol. The van der Waals surface area contributed by atoms with Crippen LogP contribution in [0.4, 0.5) is 5.82 Å². The molecule has 24 heavy (non-hydrogen) atoms. The van der Waals surface area contributed by atoms with Crippen molar-refractivity contribution in [2.24, 2.45) is 0 Å². The second-order valence-corrected chi connectivity index (χ2v) is 5.24. The fourth-order valence-corrected chi connectivity index (χ4v) is 1.93. The van der Waals surface area contributed by atoms with Gasteiger partial charge in [0.1, 0.15) is 11.4 Å². The van der Waals surface area contributed by atoms with E-state index in [0.29, 0.717) is 17.1 Å². The van der Waals surface area contributed by atoms with Crippen LogP contribution in [0.1, 0.15) is 29.9 Å². The molecule has 0 unspecified atom stereocenters. The molecule has 0 aliphatic heterocycles. The highest BCUT2D eigenvalue weighted by Gasteiger charge is 2.15. The second-order valence-electron chi connectivity index (χ2n) is 5.24. The van der Waals surface area contributed by atoms with Crippen LogP contribution in [0, 0.1) is 0 Å². The first-order chi connectivity index (χ1) is 11.5. The van der Waals surface area contributed by atoms with Crippen molar-refractivity contribution in [3.05, 3.63) is 47.8 Å². The van der Waals surface area contributed by atoms with E-state index in [9.17, 15) is 9.59 Å². The number of hydrogen-bond acceptors (Lipinski definition) is 6. The number of amides is 1. The van der Waals surface area contributed by atoms with E-state index in [2.05, 4.69) is 20.0 Å². The number of aromatic nitrogens is 2. The van der Waals surface area contributed by atoms with E-state index >= 15 is 0 Å². The van der Waals surface area contributed by atoms with Gasteiger partial charge in [-0.2, -0.15) is 0 Å². The summed E-state index contributed by atoms with van der Waals surface area (Å²) in [5, 5.41) is 2.68. The Bertz CT molecular complexity index is 731. The Balaban J connectivity index is 2.15. The molecule has 0 atom stereocenters. The van der Waals surface area contributed by atoms with Crippen LogP contribution in [-0.4, -0.2) is 35.1 Å². The summed E-state index contributed by atoms with van der Waals surface area (Å²) in [6.07, 6.45) is 1.49. The molecule has 2 heterocycles. The summed E-state index contributed by atoms with van der Waals surface area (Å²) in [7, 11) is 1.31. The van der Waals surface area contributed by atoms with E-state index in [0.717, 1.165) is 0 Å². The van der Waals surface area contributed by atoms with Crippen molar-refractivity contribution in [2.75, 3.05) is 12.4 Å². The van der Waals surface area contributed by atoms with Gasteiger partial charge in [0.15, 0.2) is 0 Å². The Hall–Kier alpha value is -2.96. The molecule has 0 aliphatic carbocycles. The summed E-state index contributed by atoms with van der Waals surface area (Å²) in [6.45, 7) is 3.71. The number of ether oxygens (including phenoxy) is 2. The summed E-state index contributed by atoms with van der Waals surface area (Å²) in [5.41, 5.74) is 0.816. The summed E-state index contributed by atoms with van der Waals surface area (Å²) in [4.78, 5) is 32.1. The highest BCUT2D eigenvalue weighted by atomic mass is 16.5. The third kappa shape index (κ3) is 4.77. The van der Waals surface area contributed by atoms with Crippen molar-refractivity contribution in [3.8, 4) is 5.88 Å². The molecule has 7 heteroatoms. The molecule has 7 nitrogen and oxygen atoms in total. The van der Waals surface area contributed by atoms with Crippen LogP contribution in [0.2, 0.25) is 0 Å². The third-order valence-electron chi connectivity index (χ3n) is 2.96. The van der Waals surface area contributed by atoms with Gasteiger partial charge in [-0.3, -0.25) is 9.59 Å². The minimum Gasteiger partial charge on any atom is -0.474 e. The van der Waals surface area contributed by atoms with Gasteiger partial charge < -0.3 is 14.8 Å². The number of methoxy groups -OCH3 is 1. The lowest BCUT2D eigenvalue weighted by Crippen LogP contribution is -2.17. The van der Waals surface area contributed by atoms with E-state index in [1.54, 1.807) is 36.5 Å². The molecular weight excluding hydrogens is 310 g/mol. The number of hydrogen-bond donors (Lipinski definition) is 1. The number of carbonyl (C=O) groups is 2. The zero-order valence-corrected chi connectivity index (χ0v) is 13.8. The van der Waals surface area contributed by atoms with Crippen molar-refractivity contribution < 1.29 is 19.1 Å². The van der Waals surface area contributed by atoms with Crippen molar-refractivity contribution in [1.29, 1.82) is 0 Å². The first-order valence-corrected chi connectivity index (χ1v) is 7.45. The SMILES string of the molecule is COC(=O)Cc1cccc(NC(=O)c2cccnc2OC(C)C)n1. The Morgan fingerprint density at radius 1 is 1.21 bits per heavy atom. The molecule has 1 N–H and O–H groups in total. The van der Waals surface area contributed by atoms with Crippen LogP contribution in [0.5, 0.6) is 5.88 Å². The fraction of sp³-hybridized carbons (Fsp3) is 0.294. The van der Waals surface area contributed by atoms with Gasteiger partial charge in [0.2, 0.25) is 5.88 Å². The van der Waals surface area contributed by atoms with Gasteiger partial charge in [0.05, 0.1) is 25.3 Å². The van der Waals surface area contributed by atoms with Crippen LogP contribution >= 0.6 is 0 Å². The predicted molar refractivity (Wildman–Crippen MR) is 87.9 cm³/mol. The monoisotopic (exact) mass is 329 g/mol. The standard InChI is InChI=1S/C17H19N3O4/c1-11(2)24-17-13(7-5-9-18-17)16(22)20-14-8-4-6-12(19-14)10-15(21)23-3/h4-9,11H,10H2,1-3H3,(H,19,20,22). The zero-order valence-electron chi connectivity index (χ0n) is 13.8. The maximum Gasteiger partial charge on any atom is 0.311 e. The molecule has 0 bridgehead atoms. The van der Waals surface area contributed by atoms with Crippen LogP contribution in [0.25, 0.3) is 0 Å². The van der Waals surface area contributed by atoms with Crippen molar-refractivity contribution in [3.63, 3.8) is 0 Å². The number of anilines is 1. The first kappa shape index (κ1) is 17.4. The molecule has 2 rings (SSSR count). The maximum absolute atomic E-state index is 12.4. The van der Waals surface area contributed by atoms with Gasteiger partial charge in [0.25, 0.3) is 5.91 Å². The number of pyridine rings is 2. The number of esters is 1. The fourth-order valence-electron chi connectivity index (χ4n) is 1.93. The van der Waals surface area contributed by atoms with E-state index in [-0.39, 0.29) is 24.3 Å². The summed E-state index contributed by atoms with van der Waals surface area (Å²) in [5.74, 6) is -0.191. The molecule has 1 amide bonds. The number of carbonyl (C=O) groups excluding carboxylic acids is 2. The number of nitrogens with zero attached hydrogens (tertiary/aromatic N) is 2. The largest absolute Gasteiger partial charge is 0.474 e. The Kier molecular flexibility index (Phi) is 5.83. The van der Waals surface area contributed by atoms with Crippen LogP contribution in [-0.2, 0) is 16.0 Å². The summed E-state index contributed by atoms with van der Waals surface area (Å²) >= 11 is 0. The van der Waals surface area contributed by atoms with Crippen molar-refractivity contribution >= 4 is 17.7 Å². The molecule has 126 valence electrons. The highest BCUT2D eigenvalue weighted by Crippen LogP contribution is 2.17. The Morgan fingerprint density at radius 2 is 2.00 bits per heavy atom. The molecule has 2 aromatic rings.